The molecule has 0 aromatic carbocycles. The molecule has 1 rings (SSSR count). The Morgan fingerprint density at radius 2 is 2.13 bits per heavy atom. The maximum absolute atomic E-state index is 11.3. The summed E-state index contributed by atoms with van der Waals surface area (Å²) in [7, 11) is 0. The second-order valence-electron chi connectivity index (χ2n) is 4.18. The van der Waals surface area contributed by atoms with Gasteiger partial charge in [0.25, 0.3) is 0 Å². The minimum absolute atomic E-state index is 0.246. The Morgan fingerprint density at radius 1 is 1.53 bits per heavy atom. The predicted octanol–water partition coefficient (Wildman–Crippen LogP) is 1.99. The van der Waals surface area contributed by atoms with Gasteiger partial charge in [-0.05, 0) is 20.3 Å². The first-order valence-electron chi connectivity index (χ1n) is 5.03. The van der Waals surface area contributed by atoms with Gasteiger partial charge >= 0.3 is 5.97 Å². The Labute approximate surface area is 90.2 Å². The molecular weight excluding hydrogens is 196 g/mol. The average Bonchev–Trinajstić information content (AvgIpc) is 2.43. The lowest BCUT2D eigenvalue weighted by molar-refractivity contribution is -0.243. The Morgan fingerprint density at radius 3 is 2.53 bits per heavy atom. The first-order valence-corrected chi connectivity index (χ1v) is 5.03. The van der Waals surface area contributed by atoms with E-state index in [-0.39, 0.29) is 6.61 Å². The van der Waals surface area contributed by atoms with Gasteiger partial charge in [0.15, 0.2) is 5.79 Å². The minimum atomic E-state index is -0.999. The SMILES string of the molecule is C=C(C)C(=O)OC1(C)COC(C)(CC)O1. The van der Waals surface area contributed by atoms with Gasteiger partial charge in [-0.2, -0.15) is 0 Å². The molecule has 1 saturated heterocycles. The van der Waals surface area contributed by atoms with E-state index in [1.165, 1.54) is 0 Å². The van der Waals surface area contributed by atoms with Gasteiger partial charge in [-0.1, -0.05) is 13.5 Å². The van der Waals surface area contributed by atoms with Crippen LogP contribution in [0, 0.1) is 0 Å². The molecule has 86 valence electrons. The molecule has 0 aromatic heterocycles. The summed E-state index contributed by atoms with van der Waals surface area (Å²) < 4.78 is 16.2. The third kappa shape index (κ3) is 2.79. The zero-order chi connectivity index (χ0) is 11.7. The summed E-state index contributed by atoms with van der Waals surface area (Å²) in [5, 5.41) is 0. The lowest BCUT2D eigenvalue weighted by Gasteiger charge is -2.26. The molecule has 0 N–H and O–H groups in total. The average molecular weight is 214 g/mol. The quantitative estimate of drug-likeness (QED) is 0.532. The minimum Gasteiger partial charge on any atom is -0.427 e. The summed E-state index contributed by atoms with van der Waals surface area (Å²) >= 11 is 0. The van der Waals surface area contributed by atoms with E-state index in [9.17, 15) is 4.79 Å². The summed E-state index contributed by atoms with van der Waals surface area (Å²) in [6, 6.07) is 0. The third-order valence-corrected chi connectivity index (χ3v) is 2.37. The van der Waals surface area contributed by atoms with Gasteiger partial charge in [0.1, 0.15) is 6.61 Å². The van der Waals surface area contributed by atoms with E-state index in [1.54, 1.807) is 13.8 Å². The van der Waals surface area contributed by atoms with Crippen LogP contribution < -0.4 is 0 Å². The van der Waals surface area contributed by atoms with Gasteiger partial charge in [-0.3, -0.25) is 0 Å². The molecule has 0 saturated carbocycles. The molecule has 0 amide bonds. The fourth-order valence-electron chi connectivity index (χ4n) is 1.31. The van der Waals surface area contributed by atoms with Gasteiger partial charge in [0, 0.05) is 12.5 Å². The topological polar surface area (TPSA) is 44.8 Å². The Balaban J connectivity index is 2.64. The van der Waals surface area contributed by atoms with Crippen LogP contribution in [-0.2, 0) is 19.0 Å². The molecule has 15 heavy (non-hydrogen) atoms. The van der Waals surface area contributed by atoms with Crippen molar-refractivity contribution >= 4 is 5.97 Å². The predicted molar refractivity (Wildman–Crippen MR) is 55.0 cm³/mol. The summed E-state index contributed by atoms with van der Waals surface area (Å²) in [6.45, 7) is 10.8. The molecular formula is C11H18O4. The molecule has 2 atom stereocenters. The van der Waals surface area contributed by atoms with Crippen LogP contribution in [0.4, 0.5) is 0 Å². The van der Waals surface area contributed by atoms with Crippen molar-refractivity contribution in [3.8, 4) is 0 Å². The Kier molecular flexibility index (Phi) is 3.21. The van der Waals surface area contributed by atoms with E-state index < -0.39 is 17.5 Å². The van der Waals surface area contributed by atoms with Crippen LogP contribution in [-0.4, -0.2) is 24.2 Å². The highest BCUT2D eigenvalue weighted by molar-refractivity contribution is 5.87. The fraction of sp³-hybridized carbons (Fsp3) is 0.727. The van der Waals surface area contributed by atoms with Crippen molar-refractivity contribution in [3.63, 3.8) is 0 Å². The molecule has 0 radical (unpaired) electrons. The number of carbonyl (C=O) groups is 1. The lowest BCUT2D eigenvalue weighted by Crippen LogP contribution is -2.37. The highest BCUT2D eigenvalue weighted by atomic mass is 16.8. The molecule has 1 aliphatic rings. The molecule has 0 aliphatic carbocycles. The van der Waals surface area contributed by atoms with E-state index in [1.807, 2.05) is 13.8 Å². The smallest absolute Gasteiger partial charge is 0.335 e. The van der Waals surface area contributed by atoms with Crippen molar-refractivity contribution < 1.29 is 19.0 Å². The zero-order valence-electron chi connectivity index (χ0n) is 9.75. The van der Waals surface area contributed by atoms with Crippen LogP contribution in [0.5, 0.6) is 0 Å². The summed E-state index contributed by atoms with van der Waals surface area (Å²) in [5.74, 6) is -2.12. The molecule has 0 aromatic rings. The molecule has 1 aliphatic heterocycles. The van der Waals surface area contributed by atoms with Crippen LogP contribution in [0.1, 0.15) is 34.1 Å². The van der Waals surface area contributed by atoms with E-state index in [4.69, 9.17) is 14.2 Å². The largest absolute Gasteiger partial charge is 0.427 e. The van der Waals surface area contributed by atoms with Gasteiger partial charge in [-0.15, -0.1) is 0 Å². The van der Waals surface area contributed by atoms with Crippen molar-refractivity contribution in [2.24, 2.45) is 0 Å². The van der Waals surface area contributed by atoms with Gasteiger partial charge in [-0.25, -0.2) is 4.79 Å². The van der Waals surface area contributed by atoms with Crippen molar-refractivity contribution in [2.75, 3.05) is 6.61 Å². The maximum atomic E-state index is 11.3. The lowest BCUT2D eigenvalue weighted by atomic mass is 10.2. The van der Waals surface area contributed by atoms with Crippen LogP contribution in [0.25, 0.3) is 0 Å². The van der Waals surface area contributed by atoms with Gasteiger partial charge in [0.05, 0.1) is 0 Å². The molecule has 4 nitrogen and oxygen atoms in total. The number of rotatable bonds is 3. The summed E-state index contributed by atoms with van der Waals surface area (Å²) in [6.07, 6.45) is 0.702. The highest BCUT2D eigenvalue weighted by Crippen LogP contribution is 2.34. The first kappa shape index (κ1) is 12.2. The second-order valence-corrected chi connectivity index (χ2v) is 4.18. The fourth-order valence-corrected chi connectivity index (χ4v) is 1.31. The monoisotopic (exact) mass is 214 g/mol. The van der Waals surface area contributed by atoms with Crippen molar-refractivity contribution in [1.29, 1.82) is 0 Å². The van der Waals surface area contributed by atoms with Gasteiger partial charge in [0.2, 0.25) is 5.79 Å². The molecule has 0 spiro atoms. The molecule has 1 fully saturated rings. The van der Waals surface area contributed by atoms with Crippen molar-refractivity contribution in [2.45, 2.75) is 45.7 Å². The molecule has 4 heteroatoms. The van der Waals surface area contributed by atoms with Crippen LogP contribution in [0.3, 0.4) is 0 Å². The normalized spacial score (nSPS) is 35.2. The van der Waals surface area contributed by atoms with E-state index in [2.05, 4.69) is 6.58 Å². The number of ether oxygens (including phenoxy) is 3. The molecule has 1 heterocycles. The van der Waals surface area contributed by atoms with Crippen molar-refractivity contribution in [3.05, 3.63) is 12.2 Å². The molecule has 2 unspecified atom stereocenters. The van der Waals surface area contributed by atoms with Crippen LogP contribution in [0.15, 0.2) is 12.2 Å². The summed E-state index contributed by atoms with van der Waals surface area (Å²) in [4.78, 5) is 11.3. The van der Waals surface area contributed by atoms with E-state index >= 15 is 0 Å². The number of carbonyl (C=O) groups excluding carboxylic acids is 1. The zero-order valence-corrected chi connectivity index (χ0v) is 9.75. The van der Waals surface area contributed by atoms with Crippen molar-refractivity contribution in [1.82, 2.24) is 0 Å². The highest BCUT2D eigenvalue weighted by Gasteiger charge is 2.46. The molecule has 0 bridgehead atoms. The van der Waals surface area contributed by atoms with Crippen LogP contribution >= 0.6 is 0 Å². The van der Waals surface area contributed by atoms with Crippen LogP contribution in [0.2, 0.25) is 0 Å². The second kappa shape index (κ2) is 3.94. The number of hydrogen-bond donors (Lipinski definition) is 0. The standard InChI is InChI=1S/C11H18O4/c1-6-10(4)13-7-11(5,15-10)14-9(12)8(2)3/h2,6-7H2,1,3-5H3. The maximum Gasteiger partial charge on any atom is 0.335 e. The first-order chi connectivity index (χ1) is 6.80. The van der Waals surface area contributed by atoms with E-state index in [0.29, 0.717) is 12.0 Å². The van der Waals surface area contributed by atoms with Gasteiger partial charge < -0.3 is 14.2 Å². The van der Waals surface area contributed by atoms with E-state index in [0.717, 1.165) is 0 Å². The Hall–Kier alpha value is -0.870. The number of hydrogen-bond acceptors (Lipinski definition) is 4. The third-order valence-electron chi connectivity index (χ3n) is 2.37. The number of esters is 1. The summed E-state index contributed by atoms with van der Waals surface area (Å²) in [5.41, 5.74) is 0.352. The Bertz CT molecular complexity index is 286.